The summed E-state index contributed by atoms with van der Waals surface area (Å²) < 4.78 is 16.1. The third-order valence-corrected chi connectivity index (χ3v) is 4.48. The second-order valence-corrected chi connectivity index (χ2v) is 6.16. The van der Waals surface area contributed by atoms with E-state index in [1.54, 1.807) is 7.11 Å². The van der Waals surface area contributed by atoms with Crippen LogP contribution in [0.2, 0.25) is 0 Å². The van der Waals surface area contributed by atoms with Gasteiger partial charge >= 0.3 is 0 Å². The number of hydrogen-bond acceptors (Lipinski definition) is 4. The maximum absolute atomic E-state index is 5.66. The van der Waals surface area contributed by atoms with E-state index in [1.807, 2.05) is 0 Å². The fraction of sp³-hybridized carbons (Fsp3) is 1.00. The Morgan fingerprint density at radius 3 is 2.75 bits per heavy atom. The normalized spacial score (nSPS) is 35.2. The average Bonchev–Trinajstić information content (AvgIpc) is 2.55. The predicted octanol–water partition coefficient (Wildman–Crippen LogP) is 2.61. The zero-order valence-electron chi connectivity index (χ0n) is 10.1. The van der Waals surface area contributed by atoms with E-state index in [4.69, 9.17) is 21.2 Å². The highest BCUT2D eigenvalue weighted by Gasteiger charge is 2.38. The van der Waals surface area contributed by atoms with Crippen LogP contribution in [0.1, 0.15) is 20.3 Å². The van der Waals surface area contributed by atoms with E-state index in [1.165, 1.54) is 11.7 Å². The first kappa shape index (κ1) is 14.8. The maximum Gasteiger partial charge on any atom is 0.146 e. The van der Waals surface area contributed by atoms with Gasteiger partial charge in [-0.25, -0.2) is 0 Å². The van der Waals surface area contributed by atoms with Crippen LogP contribution in [-0.2, 0) is 13.7 Å². The van der Waals surface area contributed by atoms with E-state index >= 15 is 0 Å². The Labute approximate surface area is 105 Å². The van der Waals surface area contributed by atoms with Crippen LogP contribution in [0.15, 0.2) is 0 Å². The Balaban J connectivity index is 2.32. The lowest BCUT2D eigenvalue weighted by Gasteiger charge is -2.18. The molecule has 0 spiro atoms. The molecule has 0 aliphatic heterocycles. The monoisotopic (exact) mass is 262 g/mol. The van der Waals surface area contributed by atoms with Crippen molar-refractivity contribution in [1.82, 2.24) is 0 Å². The van der Waals surface area contributed by atoms with Gasteiger partial charge in [-0.1, -0.05) is 21.5 Å². The van der Waals surface area contributed by atoms with E-state index in [2.05, 4.69) is 13.8 Å². The lowest BCUT2D eigenvalue weighted by Crippen LogP contribution is -2.19. The van der Waals surface area contributed by atoms with Crippen molar-refractivity contribution in [1.29, 1.82) is 0 Å². The minimum absolute atomic E-state index is 0.300. The zero-order chi connectivity index (χ0) is 12.0. The van der Waals surface area contributed by atoms with Crippen molar-refractivity contribution < 1.29 is 13.7 Å². The molecule has 1 aliphatic rings. The Hall–Kier alpha value is 0.725. The highest BCUT2D eigenvalue weighted by atomic mass is 32.7. The molecule has 3 nitrogen and oxygen atoms in total. The minimum Gasteiger partial charge on any atom is -0.359 e. The molecule has 1 fully saturated rings. The molecule has 0 N–H and O–H groups in total. The molecule has 0 amide bonds. The number of methoxy groups -OCH3 is 1. The number of hydrogen-bond donors (Lipinski definition) is 0. The smallest absolute Gasteiger partial charge is 0.146 e. The maximum atomic E-state index is 5.66. The van der Waals surface area contributed by atoms with Crippen LogP contribution in [0.5, 0.6) is 0 Å². The molecule has 92 valence electrons. The quantitative estimate of drug-likeness (QED) is 0.232. The van der Waals surface area contributed by atoms with Crippen molar-refractivity contribution in [3.8, 4) is 0 Å². The van der Waals surface area contributed by atoms with Gasteiger partial charge in [0.2, 0.25) is 0 Å². The third-order valence-electron chi connectivity index (χ3n) is 3.48. The van der Waals surface area contributed by atoms with Crippen LogP contribution in [0.3, 0.4) is 0 Å². The van der Waals surface area contributed by atoms with Crippen LogP contribution in [0.4, 0.5) is 0 Å². The lowest BCUT2D eigenvalue weighted by atomic mass is 9.93. The Morgan fingerprint density at radius 1 is 1.38 bits per heavy atom. The van der Waals surface area contributed by atoms with Crippen LogP contribution >= 0.6 is 19.3 Å². The summed E-state index contributed by atoms with van der Waals surface area (Å²) >= 11 is 1.36. The Morgan fingerprint density at radius 2 is 2.12 bits per heavy atom. The lowest BCUT2D eigenvalue weighted by molar-refractivity contribution is -0.0839. The molecular weight excluding hydrogens is 242 g/mol. The van der Waals surface area contributed by atoms with Gasteiger partial charge in [0.05, 0.1) is 12.7 Å². The van der Waals surface area contributed by atoms with Gasteiger partial charge < -0.3 is 13.7 Å². The van der Waals surface area contributed by atoms with Crippen molar-refractivity contribution in [2.45, 2.75) is 26.4 Å². The second-order valence-electron chi connectivity index (χ2n) is 4.31. The fourth-order valence-corrected chi connectivity index (χ4v) is 2.97. The van der Waals surface area contributed by atoms with Crippen molar-refractivity contribution in [3.63, 3.8) is 0 Å². The summed E-state index contributed by atoms with van der Waals surface area (Å²) in [6, 6.07) is 0. The first-order chi connectivity index (χ1) is 7.70. The summed E-state index contributed by atoms with van der Waals surface area (Å²) in [5.41, 5.74) is 0. The fourth-order valence-electron chi connectivity index (χ4n) is 2.25. The molecule has 1 saturated carbocycles. The van der Waals surface area contributed by atoms with Gasteiger partial charge in [-0.15, -0.1) is 0 Å². The summed E-state index contributed by atoms with van der Waals surface area (Å²) in [5.74, 6) is 1.76. The summed E-state index contributed by atoms with van der Waals surface area (Å²) in [7, 11) is 7.35. The van der Waals surface area contributed by atoms with Crippen molar-refractivity contribution in [2.24, 2.45) is 17.8 Å². The van der Waals surface area contributed by atoms with Gasteiger partial charge in [0, 0.05) is 18.8 Å². The van der Waals surface area contributed by atoms with Gasteiger partial charge in [-0.2, -0.15) is 0 Å². The molecule has 5 unspecified atom stereocenters. The highest BCUT2D eigenvalue weighted by molar-refractivity contribution is 8.53. The first-order valence-electron chi connectivity index (χ1n) is 5.55. The molecule has 0 heterocycles. The topological polar surface area (TPSA) is 27.7 Å². The highest BCUT2D eigenvalue weighted by Crippen LogP contribution is 2.40. The van der Waals surface area contributed by atoms with Gasteiger partial charge in [0.25, 0.3) is 0 Å². The molecule has 0 aromatic carbocycles. The average molecular weight is 262 g/mol. The van der Waals surface area contributed by atoms with E-state index in [0.717, 1.165) is 13.0 Å². The number of rotatable bonds is 7. The van der Waals surface area contributed by atoms with E-state index in [-0.39, 0.29) is 0 Å². The predicted molar refractivity (Wildman–Crippen MR) is 70.8 cm³/mol. The summed E-state index contributed by atoms with van der Waals surface area (Å²) in [4.78, 5) is 0. The molecule has 0 bridgehead atoms. The largest absolute Gasteiger partial charge is 0.359 e. The van der Waals surface area contributed by atoms with Crippen LogP contribution in [0, 0.1) is 17.8 Å². The van der Waals surface area contributed by atoms with E-state index in [0.29, 0.717) is 38.3 Å². The van der Waals surface area contributed by atoms with E-state index < -0.39 is 0 Å². The molecule has 16 heavy (non-hydrogen) atoms. The molecule has 0 aromatic heterocycles. The summed E-state index contributed by atoms with van der Waals surface area (Å²) in [6.45, 7) is 5.66. The van der Waals surface area contributed by atoms with Gasteiger partial charge in [-0.05, 0) is 24.2 Å². The molecular formula is C10H20BO3PS. The number of ether oxygens (including phenoxy) is 2. The Kier molecular flexibility index (Phi) is 7.34. The van der Waals surface area contributed by atoms with Gasteiger partial charge in [-0.3, -0.25) is 0 Å². The molecule has 5 atom stereocenters. The summed E-state index contributed by atoms with van der Waals surface area (Å²) in [5, 5.41) is 0. The third kappa shape index (κ3) is 4.19. The van der Waals surface area contributed by atoms with Crippen molar-refractivity contribution >= 4 is 26.9 Å². The molecule has 2 radical (unpaired) electrons. The van der Waals surface area contributed by atoms with Gasteiger partial charge in [0.1, 0.15) is 14.4 Å². The molecule has 6 heteroatoms. The van der Waals surface area contributed by atoms with Crippen molar-refractivity contribution in [3.05, 3.63) is 0 Å². The van der Waals surface area contributed by atoms with Crippen LogP contribution in [-0.4, -0.2) is 34.2 Å². The SMILES string of the molecule is [B]PSOCC1CC(OCOC)C(C)C1C. The first-order valence-corrected chi connectivity index (χ1v) is 8.09. The van der Waals surface area contributed by atoms with Crippen LogP contribution < -0.4 is 0 Å². The minimum atomic E-state index is 0.300. The van der Waals surface area contributed by atoms with Crippen LogP contribution in [0.25, 0.3) is 0 Å². The van der Waals surface area contributed by atoms with Crippen molar-refractivity contribution in [2.75, 3.05) is 20.5 Å². The van der Waals surface area contributed by atoms with Gasteiger partial charge in [0.15, 0.2) is 0 Å². The molecule has 1 aliphatic carbocycles. The molecule has 0 aromatic rings. The molecule has 0 saturated heterocycles. The molecule has 1 rings (SSSR count). The standard InChI is InChI=1S/C10H20BO3PS/c1-7-8(2)10(13-6-12-3)4-9(7)5-14-16-15-11/h7-10,15H,4-6H2,1-3H3. The zero-order valence-corrected chi connectivity index (χ0v) is 12.0. The Bertz CT molecular complexity index is 199. The summed E-state index contributed by atoms with van der Waals surface area (Å²) in [6.07, 6.45) is 1.36. The second kappa shape index (κ2) is 7.94. The van der Waals surface area contributed by atoms with E-state index in [9.17, 15) is 0 Å².